The first kappa shape index (κ1) is 9.61. The van der Waals surface area contributed by atoms with E-state index in [-0.39, 0.29) is 0 Å². The molecule has 0 bridgehead atoms. The number of ether oxygens (including phenoxy) is 1. The van der Waals surface area contributed by atoms with Gasteiger partial charge < -0.3 is 10.5 Å². The fourth-order valence-corrected chi connectivity index (χ4v) is 1.20. The summed E-state index contributed by atoms with van der Waals surface area (Å²) in [6, 6.07) is 5.49. The van der Waals surface area contributed by atoms with Gasteiger partial charge in [-0.05, 0) is 18.2 Å². The van der Waals surface area contributed by atoms with E-state index in [1.807, 2.05) is 18.2 Å². The minimum absolute atomic E-state index is 0.429. The summed E-state index contributed by atoms with van der Waals surface area (Å²) in [5.41, 5.74) is 6.51. The lowest BCUT2D eigenvalue weighted by Crippen LogP contribution is -1.99. The molecule has 2 aromatic heterocycles. The predicted octanol–water partition coefficient (Wildman–Crippen LogP) is 1.73. The largest absolute Gasteiger partial charge is 0.454 e. The van der Waals surface area contributed by atoms with Crippen LogP contribution in [0.15, 0.2) is 43.0 Å². The van der Waals surface area contributed by atoms with E-state index in [1.54, 1.807) is 24.8 Å². The summed E-state index contributed by atoms with van der Waals surface area (Å²) in [6.07, 6.45) is 6.68. The number of hydrogen-bond donors (Lipinski definition) is 1. The van der Waals surface area contributed by atoms with Gasteiger partial charge in [-0.15, -0.1) is 0 Å². The van der Waals surface area contributed by atoms with Gasteiger partial charge in [-0.1, -0.05) is 0 Å². The summed E-state index contributed by atoms with van der Waals surface area (Å²) in [5, 5.41) is 0. The van der Waals surface area contributed by atoms with Crippen molar-refractivity contribution in [1.29, 1.82) is 0 Å². The monoisotopic (exact) mass is 201 g/mol. The van der Waals surface area contributed by atoms with Gasteiger partial charge in [0.15, 0.2) is 0 Å². The summed E-state index contributed by atoms with van der Waals surface area (Å²) < 4.78 is 5.60. The molecule has 76 valence electrons. The molecule has 0 saturated carbocycles. The fraction of sp³-hybridized carbons (Fsp3) is 0.0909. The number of nitrogens with two attached hydrogens (primary N) is 1. The van der Waals surface area contributed by atoms with Crippen LogP contribution in [0.1, 0.15) is 5.56 Å². The maximum Gasteiger partial charge on any atom is 0.150 e. The van der Waals surface area contributed by atoms with E-state index in [1.165, 1.54) is 0 Å². The highest BCUT2D eigenvalue weighted by Crippen LogP contribution is 2.22. The second-order valence-corrected chi connectivity index (χ2v) is 2.98. The van der Waals surface area contributed by atoms with Crippen LogP contribution < -0.4 is 10.5 Å². The Hall–Kier alpha value is -1.94. The predicted molar refractivity (Wildman–Crippen MR) is 56.4 cm³/mol. The van der Waals surface area contributed by atoms with Crippen molar-refractivity contribution in [2.75, 3.05) is 0 Å². The van der Waals surface area contributed by atoms with E-state index in [4.69, 9.17) is 10.5 Å². The van der Waals surface area contributed by atoms with Gasteiger partial charge in [0, 0.05) is 24.5 Å². The summed E-state index contributed by atoms with van der Waals surface area (Å²) >= 11 is 0. The van der Waals surface area contributed by atoms with Crippen LogP contribution in [0.5, 0.6) is 11.5 Å². The van der Waals surface area contributed by atoms with Gasteiger partial charge in [-0.25, -0.2) is 0 Å². The van der Waals surface area contributed by atoms with Crippen LogP contribution in [-0.2, 0) is 6.54 Å². The minimum Gasteiger partial charge on any atom is -0.454 e. The Bertz CT molecular complexity index is 431. The van der Waals surface area contributed by atoms with Crippen molar-refractivity contribution in [3.63, 3.8) is 0 Å². The fourth-order valence-electron chi connectivity index (χ4n) is 1.20. The molecule has 0 aliphatic rings. The molecule has 0 atom stereocenters. The van der Waals surface area contributed by atoms with Crippen molar-refractivity contribution in [2.24, 2.45) is 5.73 Å². The van der Waals surface area contributed by atoms with Gasteiger partial charge in [0.2, 0.25) is 0 Å². The number of hydrogen-bond acceptors (Lipinski definition) is 4. The van der Waals surface area contributed by atoms with Crippen molar-refractivity contribution in [1.82, 2.24) is 9.97 Å². The third kappa shape index (κ3) is 2.30. The molecule has 0 aromatic carbocycles. The molecule has 0 amide bonds. The normalized spacial score (nSPS) is 9.93. The quantitative estimate of drug-likeness (QED) is 0.821. The van der Waals surface area contributed by atoms with Crippen LogP contribution >= 0.6 is 0 Å². The molecule has 4 nitrogen and oxygen atoms in total. The average molecular weight is 201 g/mol. The molecule has 0 unspecified atom stereocenters. The van der Waals surface area contributed by atoms with Crippen LogP contribution in [0.25, 0.3) is 0 Å². The van der Waals surface area contributed by atoms with Crippen molar-refractivity contribution in [3.8, 4) is 11.5 Å². The maximum atomic E-state index is 5.60. The van der Waals surface area contributed by atoms with Crippen molar-refractivity contribution < 1.29 is 4.74 Å². The summed E-state index contributed by atoms with van der Waals surface area (Å²) in [7, 11) is 0. The Balaban J connectivity index is 2.24. The Kier molecular flexibility index (Phi) is 2.90. The number of nitrogens with zero attached hydrogens (tertiary/aromatic N) is 2. The van der Waals surface area contributed by atoms with Crippen LogP contribution in [0, 0.1) is 0 Å². The van der Waals surface area contributed by atoms with E-state index in [0.717, 1.165) is 5.56 Å². The molecule has 0 fully saturated rings. The highest BCUT2D eigenvalue weighted by molar-refractivity contribution is 5.34. The SMILES string of the molecule is NCc1ccncc1Oc1cccnc1. The first-order valence-corrected chi connectivity index (χ1v) is 4.61. The molecule has 0 aliphatic heterocycles. The highest BCUT2D eigenvalue weighted by Gasteiger charge is 2.02. The van der Waals surface area contributed by atoms with E-state index in [2.05, 4.69) is 9.97 Å². The molecule has 0 saturated heterocycles. The molecule has 0 aliphatic carbocycles. The summed E-state index contributed by atoms with van der Waals surface area (Å²) in [4.78, 5) is 7.95. The van der Waals surface area contributed by atoms with Gasteiger partial charge in [0.05, 0.1) is 12.4 Å². The van der Waals surface area contributed by atoms with Gasteiger partial charge in [0.1, 0.15) is 11.5 Å². The molecule has 0 spiro atoms. The van der Waals surface area contributed by atoms with E-state index < -0.39 is 0 Å². The van der Waals surface area contributed by atoms with E-state index in [9.17, 15) is 0 Å². The highest BCUT2D eigenvalue weighted by atomic mass is 16.5. The zero-order chi connectivity index (χ0) is 10.5. The Morgan fingerprint density at radius 2 is 2.00 bits per heavy atom. The molecule has 2 aromatic rings. The third-order valence-corrected chi connectivity index (χ3v) is 1.95. The minimum atomic E-state index is 0.429. The Morgan fingerprint density at radius 3 is 2.73 bits per heavy atom. The molecule has 4 heteroatoms. The molecule has 15 heavy (non-hydrogen) atoms. The van der Waals surface area contributed by atoms with Gasteiger partial charge >= 0.3 is 0 Å². The molecule has 2 rings (SSSR count). The number of aromatic nitrogens is 2. The Labute approximate surface area is 87.7 Å². The standard InChI is InChI=1S/C11H11N3O/c12-6-9-3-5-14-8-11(9)15-10-2-1-4-13-7-10/h1-5,7-8H,6,12H2. The third-order valence-electron chi connectivity index (χ3n) is 1.95. The Morgan fingerprint density at radius 1 is 1.13 bits per heavy atom. The molecule has 0 radical (unpaired) electrons. The van der Waals surface area contributed by atoms with Crippen LogP contribution in [0.3, 0.4) is 0 Å². The van der Waals surface area contributed by atoms with Gasteiger partial charge in [-0.2, -0.15) is 0 Å². The van der Waals surface area contributed by atoms with Crippen molar-refractivity contribution in [3.05, 3.63) is 48.5 Å². The zero-order valence-electron chi connectivity index (χ0n) is 8.13. The van der Waals surface area contributed by atoms with E-state index >= 15 is 0 Å². The molecule has 2 N–H and O–H groups in total. The maximum absolute atomic E-state index is 5.60. The molecule has 2 heterocycles. The van der Waals surface area contributed by atoms with Crippen LogP contribution in [-0.4, -0.2) is 9.97 Å². The lowest BCUT2D eigenvalue weighted by atomic mass is 10.2. The van der Waals surface area contributed by atoms with Gasteiger partial charge in [0.25, 0.3) is 0 Å². The zero-order valence-corrected chi connectivity index (χ0v) is 8.13. The van der Waals surface area contributed by atoms with Crippen LogP contribution in [0.4, 0.5) is 0 Å². The van der Waals surface area contributed by atoms with Crippen molar-refractivity contribution in [2.45, 2.75) is 6.54 Å². The lowest BCUT2D eigenvalue weighted by molar-refractivity contribution is 0.471. The van der Waals surface area contributed by atoms with Crippen LogP contribution in [0.2, 0.25) is 0 Å². The average Bonchev–Trinajstić information content (AvgIpc) is 2.31. The smallest absolute Gasteiger partial charge is 0.150 e. The number of rotatable bonds is 3. The summed E-state index contributed by atoms with van der Waals surface area (Å²) in [5.74, 6) is 1.35. The first-order valence-electron chi connectivity index (χ1n) is 4.61. The lowest BCUT2D eigenvalue weighted by Gasteiger charge is -2.08. The van der Waals surface area contributed by atoms with Crippen molar-refractivity contribution >= 4 is 0 Å². The second kappa shape index (κ2) is 4.52. The topological polar surface area (TPSA) is 61.0 Å². The molecular formula is C11H11N3O. The number of pyridine rings is 2. The summed E-state index contributed by atoms with van der Waals surface area (Å²) in [6.45, 7) is 0.429. The van der Waals surface area contributed by atoms with E-state index in [0.29, 0.717) is 18.0 Å². The first-order chi connectivity index (χ1) is 7.40. The second-order valence-electron chi connectivity index (χ2n) is 2.98. The van der Waals surface area contributed by atoms with Gasteiger partial charge in [-0.3, -0.25) is 9.97 Å². The molecular weight excluding hydrogens is 190 g/mol.